The molecule has 1 fully saturated rings. The van der Waals surface area contributed by atoms with E-state index in [4.69, 9.17) is 11.6 Å². The minimum absolute atomic E-state index is 0.131. The highest BCUT2D eigenvalue weighted by Gasteiger charge is 2.29. The maximum Gasteiger partial charge on any atom is 0.244 e. The summed E-state index contributed by atoms with van der Waals surface area (Å²) >= 11 is 6.01. The van der Waals surface area contributed by atoms with E-state index in [0.29, 0.717) is 12.1 Å². The Morgan fingerprint density at radius 2 is 2.05 bits per heavy atom. The van der Waals surface area contributed by atoms with Gasteiger partial charge in [0, 0.05) is 26.1 Å². The molecule has 0 aliphatic carbocycles. The van der Waals surface area contributed by atoms with E-state index >= 15 is 0 Å². The fourth-order valence-electron chi connectivity index (χ4n) is 2.06. The molecule has 104 valence electrons. The van der Waals surface area contributed by atoms with Gasteiger partial charge in [-0.15, -0.1) is 0 Å². The normalized spacial score (nSPS) is 17.9. The first-order valence-electron chi connectivity index (χ1n) is 5.95. The van der Waals surface area contributed by atoms with Crippen molar-refractivity contribution >= 4 is 27.5 Å². The number of carbonyl (C=O) groups is 1. The van der Waals surface area contributed by atoms with Gasteiger partial charge in [0.05, 0.1) is 5.02 Å². The van der Waals surface area contributed by atoms with Crippen LogP contribution in [0.25, 0.3) is 0 Å². The quantitative estimate of drug-likeness (QED) is 0.891. The van der Waals surface area contributed by atoms with E-state index in [1.807, 2.05) is 0 Å². The summed E-state index contributed by atoms with van der Waals surface area (Å²) in [5.74, 6) is -0.131. The minimum atomic E-state index is -3.66. The molecule has 0 bridgehead atoms. The number of aryl methyl sites for hydroxylation is 1. The Morgan fingerprint density at radius 3 is 2.74 bits per heavy atom. The van der Waals surface area contributed by atoms with Crippen LogP contribution in [-0.4, -0.2) is 38.3 Å². The van der Waals surface area contributed by atoms with Gasteiger partial charge in [0.1, 0.15) is 4.90 Å². The molecule has 1 heterocycles. The van der Waals surface area contributed by atoms with Gasteiger partial charge in [0.15, 0.2) is 0 Å². The number of hydrogen-bond donors (Lipinski definition) is 1. The predicted octanol–water partition coefficient (Wildman–Crippen LogP) is 1.16. The molecule has 0 radical (unpaired) electrons. The first kappa shape index (κ1) is 14.3. The lowest BCUT2D eigenvalue weighted by molar-refractivity contribution is -0.120. The van der Waals surface area contributed by atoms with Gasteiger partial charge in [0.25, 0.3) is 0 Å². The van der Waals surface area contributed by atoms with Gasteiger partial charge in [-0.3, -0.25) is 4.79 Å². The van der Waals surface area contributed by atoms with E-state index in [1.54, 1.807) is 25.1 Å². The Morgan fingerprint density at radius 1 is 1.32 bits per heavy atom. The molecule has 0 saturated carbocycles. The Labute approximate surface area is 117 Å². The molecule has 7 heteroatoms. The first-order chi connectivity index (χ1) is 8.93. The number of benzene rings is 1. The highest BCUT2D eigenvalue weighted by molar-refractivity contribution is 7.89. The summed E-state index contributed by atoms with van der Waals surface area (Å²) < 4.78 is 26.5. The number of sulfonamides is 1. The lowest BCUT2D eigenvalue weighted by Gasteiger charge is -2.21. The molecule has 1 saturated heterocycles. The third kappa shape index (κ3) is 2.91. The van der Waals surface area contributed by atoms with Crippen molar-refractivity contribution in [1.29, 1.82) is 0 Å². The van der Waals surface area contributed by atoms with Gasteiger partial charge in [-0.2, -0.15) is 4.31 Å². The number of nitrogens with one attached hydrogen (secondary N) is 1. The highest BCUT2D eigenvalue weighted by atomic mass is 35.5. The maximum absolute atomic E-state index is 12.6. The molecule has 1 N–H and O–H groups in total. The van der Waals surface area contributed by atoms with Crippen LogP contribution in [0, 0.1) is 6.92 Å². The molecule has 0 atom stereocenters. The van der Waals surface area contributed by atoms with Gasteiger partial charge in [-0.05, 0) is 18.6 Å². The zero-order valence-electron chi connectivity index (χ0n) is 10.5. The molecule has 0 aromatic heterocycles. The second-order valence-electron chi connectivity index (χ2n) is 4.39. The molecule has 0 unspecified atom stereocenters. The molecular weight excluding hydrogens is 288 g/mol. The monoisotopic (exact) mass is 302 g/mol. The summed E-state index contributed by atoms with van der Waals surface area (Å²) in [7, 11) is -3.66. The third-order valence-electron chi connectivity index (χ3n) is 3.03. The molecule has 1 aliphatic rings. The molecule has 19 heavy (non-hydrogen) atoms. The topological polar surface area (TPSA) is 66.5 Å². The lowest BCUT2D eigenvalue weighted by Crippen LogP contribution is -2.34. The number of halogens is 1. The van der Waals surface area contributed by atoms with Crippen LogP contribution in [0.15, 0.2) is 23.1 Å². The standard InChI is InChI=1S/C12H15ClN2O3S/c1-9-3-2-4-10(13)12(9)19(17,18)15-7-5-11(16)14-6-8-15/h2-4H,5-8H2,1H3,(H,14,16). The minimum Gasteiger partial charge on any atom is -0.355 e. The molecule has 1 aromatic rings. The van der Waals surface area contributed by atoms with E-state index in [9.17, 15) is 13.2 Å². The molecular formula is C12H15ClN2O3S. The van der Waals surface area contributed by atoms with Crippen LogP contribution < -0.4 is 5.32 Å². The highest BCUT2D eigenvalue weighted by Crippen LogP contribution is 2.28. The van der Waals surface area contributed by atoms with Gasteiger partial charge in [-0.1, -0.05) is 23.7 Å². The molecule has 0 spiro atoms. The number of hydrogen-bond acceptors (Lipinski definition) is 3. The SMILES string of the molecule is Cc1cccc(Cl)c1S(=O)(=O)N1CCNC(=O)CC1. The third-order valence-corrected chi connectivity index (χ3v) is 5.56. The van der Waals surface area contributed by atoms with Crippen LogP contribution in [0.3, 0.4) is 0 Å². The maximum atomic E-state index is 12.6. The second-order valence-corrected chi connectivity index (χ2v) is 6.67. The summed E-state index contributed by atoms with van der Waals surface area (Å²) in [5, 5.41) is 2.86. The van der Waals surface area contributed by atoms with Crippen molar-refractivity contribution in [2.75, 3.05) is 19.6 Å². The second kappa shape index (κ2) is 5.48. The summed E-state index contributed by atoms with van der Waals surface area (Å²) in [6.07, 6.45) is 0.169. The number of carbonyl (C=O) groups excluding carboxylic acids is 1. The van der Waals surface area contributed by atoms with Crippen molar-refractivity contribution in [3.05, 3.63) is 28.8 Å². The number of nitrogens with zero attached hydrogens (tertiary/aromatic N) is 1. The van der Waals surface area contributed by atoms with E-state index < -0.39 is 10.0 Å². The summed E-state index contributed by atoms with van der Waals surface area (Å²) in [6.45, 7) is 2.47. The molecule has 1 aromatic carbocycles. The predicted molar refractivity (Wildman–Crippen MR) is 72.6 cm³/mol. The fourth-order valence-corrected chi connectivity index (χ4v) is 4.28. The Bertz CT molecular complexity index is 581. The van der Waals surface area contributed by atoms with Gasteiger partial charge >= 0.3 is 0 Å². The lowest BCUT2D eigenvalue weighted by atomic mass is 10.2. The van der Waals surface area contributed by atoms with Crippen molar-refractivity contribution in [2.24, 2.45) is 0 Å². The smallest absolute Gasteiger partial charge is 0.244 e. The van der Waals surface area contributed by atoms with Crippen molar-refractivity contribution < 1.29 is 13.2 Å². The summed E-state index contributed by atoms with van der Waals surface area (Å²) in [6, 6.07) is 4.98. The molecule has 5 nitrogen and oxygen atoms in total. The van der Waals surface area contributed by atoms with Gasteiger partial charge in [0.2, 0.25) is 15.9 Å². The largest absolute Gasteiger partial charge is 0.355 e. The number of rotatable bonds is 2. The first-order valence-corrected chi connectivity index (χ1v) is 7.76. The van der Waals surface area contributed by atoms with Crippen molar-refractivity contribution in [3.63, 3.8) is 0 Å². The molecule has 1 aliphatic heterocycles. The Hall–Kier alpha value is -1.11. The molecule has 1 amide bonds. The van der Waals surface area contributed by atoms with Gasteiger partial charge in [-0.25, -0.2) is 8.42 Å². The summed E-state index contributed by atoms with van der Waals surface area (Å²) in [4.78, 5) is 11.4. The van der Waals surface area contributed by atoms with Crippen LogP contribution in [0.5, 0.6) is 0 Å². The van der Waals surface area contributed by atoms with Crippen LogP contribution in [0.1, 0.15) is 12.0 Å². The van der Waals surface area contributed by atoms with Crippen molar-refractivity contribution in [2.45, 2.75) is 18.2 Å². The van der Waals surface area contributed by atoms with Crippen molar-refractivity contribution in [1.82, 2.24) is 9.62 Å². The molecule has 2 rings (SSSR count). The average Bonchev–Trinajstić information content (AvgIpc) is 2.53. The van der Waals surface area contributed by atoms with Crippen LogP contribution >= 0.6 is 11.6 Å². The van der Waals surface area contributed by atoms with E-state index in [-0.39, 0.29) is 35.3 Å². The van der Waals surface area contributed by atoms with Crippen LogP contribution in [0.4, 0.5) is 0 Å². The fraction of sp³-hybridized carbons (Fsp3) is 0.417. The van der Waals surface area contributed by atoms with Crippen LogP contribution in [0.2, 0.25) is 5.02 Å². The average molecular weight is 303 g/mol. The Balaban J connectivity index is 2.39. The van der Waals surface area contributed by atoms with E-state index in [0.717, 1.165) is 0 Å². The summed E-state index contributed by atoms with van der Waals surface area (Å²) in [5.41, 5.74) is 0.607. The zero-order valence-corrected chi connectivity index (χ0v) is 12.1. The van der Waals surface area contributed by atoms with Crippen molar-refractivity contribution in [3.8, 4) is 0 Å². The Kier molecular flexibility index (Phi) is 4.13. The number of amides is 1. The zero-order chi connectivity index (χ0) is 14.0. The van der Waals surface area contributed by atoms with E-state index in [1.165, 1.54) is 4.31 Å². The van der Waals surface area contributed by atoms with E-state index in [2.05, 4.69) is 5.32 Å². The van der Waals surface area contributed by atoms with Crippen LogP contribution in [-0.2, 0) is 14.8 Å². The van der Waals surface area contributed by atoms with Gasteiger partial charge < -0.3 is 5.32 Å².